The molecule has 1 aliphatic rings. The van der Waals surface area contributed by atoms with Gasteiger partial charge in [0.1, 0.15) is 5.76 Å². The van der Waals surface area contributed by atoms with Gasteiger partial charge in [-0.15, -0.1) is 0 Å². The number of rotatable bonds is 3. The zero-order valence-corrected chi connectivity index (χ0v) is 10.3. The van der Waals surface area contributed by atoms with Gasteiger partial charge in [-0.2, -0.15) is 0 Å². The van der Waals surface area contributed by atoms with Gasteiger partial charge in [-0.05, 0) is 37.7 Å². The van der Waals surface area contributed by atoms with Crippen LogP contribution in [0.1, 0.15) is 53.9 Å². The number of allylic oxidation sites excluding steroid dienone is 2. The molecule has 0 aliphatic carbocycles. The van der Waals surface area contributed by atoms with Gasteiger partial charge < -0.3 is 4.74 Å². The lowest BCUT2D eigenvalue weighted by Gasteiger charge is -2.38. The van der Waals surface area contributed by atoms with Gasteiger partial charge in [0.25, 0.3) is 0 Å². The Hall–Kier alpha value is -0.460. The molecule has 1 nitrogen and oxygen atoms in total. The number of ether oxygens (including phenoxy) is 1. The van der Waals surface area contributed by atoms with E-state index in [1.165, 1.54) is 24.2 Å². The number of hydrogen-bond acceptors (Lipinski definition) is 1. The third-order valence-electron chi connectivity index (χ3n) is 3.86. The molecule has 1 heterocycles. The molecule has 0 radical (unpaired) electrons. The molecule has 0 aromatic heterocycles. The zero-order chi connectivity index (χ0) is 10.8. The smallest absolute Gasteiger partial charge is 0.101 e. The highest BCUT2D eigenvalue weighted by Crippen LogP contribution is 2.42. The Labute approximate surface area is 88.5 Å². The van der Waals surface area contributed by atoms with Crippen LogP contribution in [0.3, 0.4) is 0 Å². The fourth-order valence-corrected chi connectivity index (χ4v) is 2.23. The van der Waals surface area contributed by atoms with Crippen LogP contribution < -0.4 is 0 Å². The van der Waals surface area contributed by atoms with E-state index >= 15 is 0 Å². The average molecular weight is 196 g/mol. The van der Waals surface area contributed by atoms with Crippen molar-refractivity contribution >= 4 is 0 Å². The van der Waals surface area contributed by atoms with Crippen molar-refractivity contribution in [3.63, 3.8) is 0 Å². The fourth-order valence-electron chi connectivity index (χ4n) is 2.23. The predicted molar refractivity (Wildman–Crippen MR) is 61.1 cm³/mol. The Balaban J connectivity index is 2.98. The first-order chi connectivity index (χ1) is 6.52. The molecular weight excluding hydrogens is 172 g/mol. The fraction of sp³-hybridized carbons (Fsp3) is 0.846. The summed E-state index contributed by atoms with van der Waals surface area (Å²) in [6.07, 6.45) is 3.57. The van der Waals surface area contributed by atoms with Crippen LogP contribution in [0.4, 0.5) is 0 Å². The maximum atomic E-state index is 5.89. The molecule has 0 N–H and O–H groups in total. The van der Waals surface area contributed by atoms with Gasteiger partial charge in [0, 0.05) is 5.41 Å². The predicted octanol–water partition coefficient (Wildman–Crippen LogP) is 4.14. The first-order valence-corrected chi connectivity index (χ1v) is 5.85. The van der Waals surface area contributed by atoms with Gasteiger partial charge in [0.05, 0.1) is 6.61 Å². The molecular formula is C13H24O. The van der Waals surface area contributed by atoms with E-state index in [4.69, 9.17) is 4.74 Å². The molecule has 82 valence electrons. The third kappa shape index (κ3) is 1.97. The molecule has 1 unspecified atom stereocenters. The minimum absolute atomic E-state index is 0.241. The van der Waals surface area contributed by atoms with E-state index in [2.05, 4.69) is 34.6 Å². The second-order valence-corrected chi connectivity index (χ2v) is 4.99. The molecule has 14 heavy (non-hydrogen) atoms. The molecule has 1 heteroatoms. The van der Waals surface area contributed by atoms with Crippen LogP contribution >= 0.6 is 0 Å². The van der Waals surface area contributed by atoms with Crippen molar-refractivity contribution in [3.05, 3.63) is 11.3 Å². The van der Waals surface area contributed by atoms with Crippen molar-refractivity contribution in [2.75, 3.05) is 6.61 Å². The van der Waals surface area contributed by atoms with E-state index in [0.29, 0.717) is 5.92 Å². The second kappa shape index (κ2) is 4.37. The van der Waals surface area contributed by atoms with Crippen LogP contribution in [0.5, 0.6) is 0 Å². The van der Waals surface area contributed by atoms with E-state index in [1.54, 1.807) is 0 Å². The monoisotopic (exact) mass is 196 g/mol. The van der Waals surface area contributed by atoms with E-state index in [1.807, 2.05) is 0 Å². The summed E-state index contributed by atoms with van der Waals surface area (Å²) in [7, 11) is 0. The van der Waals surface area contributed by atoms with E-state index < -0.39 is 0 Å². The Morgan fingerprint density at radius 3 is 2.50 bits per heavy atom. The third-order valence-corrected chi connectivity index (χ3v) is 3.86. The molecule has 0 aromatic rings. The van der Waals surface area contributed by atoms with Crippen LogP contribution in [0, 0.1) is 11.3 Å². The first kappa shape index (κ1) is 11.6. The topological polar surface area (TPSA) is 9.23 Å². The Morgan fingerprint density at radius 2 is 2.07 bits per heavy atom. The summed E-state index contributed by atoms with van der Waals surface area (Å²) in [5.74, 6) is 1.93. The summed E-state index contributed by atoms with van der Waals surface area (Å²) in [6.45, 7) is 12.3. The Kier molecular flexibility index (Phi) is 3.63. The van der Waals surface area contributed by atoms with Crippen molar-refractivity contribution in [2.24, 2.45) is 11.3 Å². The molecule has 1 aliphatic heterocycles. The van der Waals surface area contributed by atoms with Gasteiger partial charge >= 0.3 is 0 Å². The minimum Gasteiger partial charge on any atom is -0.497 e. The summed E-state index contributed by atoms with van der Waals surface area (Å²) in [4.78, 5) is 0. The maximum absolute atomic E-state index is 5.89. The van der Waals surface area contributed by atoms with Crippen molar-refractivity contribution in [1.29, 1.82) is 0 Å². The molecule has 0 aromatic carbocycles. The number of hydrogen-bond donors (Lipinski definition) is 0. The van der Waals surface area contributed by atoms with Crippen LogP contribution in [-0.2, 0) is 4.74 Å². The molecule has 0 spiro atoms. The van der Waals surface area contributed by atoms with Crippen LogP contribution in [0.2, 0.25) is 0 Å². The highest BCUT2D eigenvalue weighted by molar-refractivity contribution is 5.17. The Bertz CT molecular complexity index is 227. The van der Waals surface area contributed by atoms with Gasteiger partial charge in [-0.1, -0.05) is 27.7 Å². The lowest BCUT2D eigenvalue weighted by Crippen LogP contribution is -2.29. The summed E-state index contributed by atoms with van der Waals surface area (Å²) >= 11 is 0. The van der Waals surface area contributed by atoms with Crippen molar-refractivity contribution in [3.8, 4) is 0 Å². The molecule has 0 amide bonds. The van der Waals surface area contributed by atoms with Gasteiger partial charge in [0.15, 0.2) is 0 Å². The molecule has 1 atom stereocenters. The molecule has 0 saturated heterocycles. The quantitative estimate of drug-likeness (QED) is 0.659. The SMILES string of the molecule is CCC(C)(C1=C(C)CCCO1)C(C)C. The first-order valence-electron chi connectivity index (χ1n) is 5.85. The van der Waals surface area contributed by atoms with Crippen molar-refractivity contribution < 1.29 is 4.74 Å². The zero-order valence-electron chi connectivity index (χ0n) is 10.3. The molecule has 0 fully saturated rings. The highest BCUT2D eigenvalue weighted by Gasteiger charge is 2.34. The summed E-state index contributed by atoms with van der Waals surface area (Å²) in [5.41, 5.74) is 1.71. The van der Waals surface area contributed by atoms with Gasteiger partial charge in [0.2, 0.25) is 0 Å². The maximum Gasteiger partial charge on any atom is 0.101 e. The summed E-state index contributed by atoms with van der Waals surface area (Å²) < 4.78 is 5.89. The van der Waals surface area contributed by atoms with Crippen molar-refractivity contribution in [2.45, 2.75) is 53.9 Å². The highest BCUT2D eigenvalue weighted by atomic mass is 16.5. The van der Waals surface area contributed by atoms with E-state index in [0.717, 1.165) is 13.0 Å². The average Bonchev–Trinajstić information content (AvgIpc) is 2.17. The normalized spacial score (nSPS) is 22.1. The lowest BCUT2D eigenvalue weighted by atomic mass is 9.73. The second-order valence-electron chi connectivity index (χ2n) is 4.99. The largest absolute Gasteiger partial charge is 0.497 e. The Morgan fingerprint density at radius 1 is 1.43 bits per heavy atom. The lowest BCUT2D eigenvalue weighted by molar-refractivity contribution is 0.0831. The van der Waals surface area contributed by atoms with Crippen molar-refractivity contribution in [1.82, 2.24) is 0 Å². The van der Waals surface area contributed by atoms with E-state index in [9.17, 15) is 0 Å². The standard InChI is InChI=1S/C13H24O/c1-6-13(5,10(2)3)12-11(4)8-7-9-14-12/h10H,6-9H2,1-5H3. The van der Waals surface area contributed by atoms with E-state index in [-0.39, 0.29) is 5.41 Å². The van der Waals surface area contributed by atoms with Crippen LogP contribution in [0.15, 0.2) is 11.3 Å². The van der Waals surface area contributed by atoms with Gasteiger partial charge in [-0.25, -0.2) is 0 Å². The van der Waals surface area contributed by atoms with Crippen LogP contribution in [-0.4, -0.2) is 6.61 Å². The summed E-state index contributed by atoms with van der Waals surface area (Å²) in [5, 5.41) is 0. The molecule has 0 bridgehead atoms. The minimum atomic E-state index is 0.241. The molecule has 0 saturated carbocycles. The van der Waals surface area contributed by atoms with Crippen LogP contribution in [0.25, 0.3) is 0 Å². The molecule has 1 rings (SSSR count). The summed E-state index contributed by atoms with van der Waals surface area (Å²) in [6, 6.07) is 0. The van der Waals surface area contributed by atoms with Gasteiger partial charge in [-0.3, -0.25) is 0 Å².